The van der Waals surface area contributed by atoms with E-state index in [-0.39, 0.29) is 15.6 Å². The summed E-state index contributed by atoms with van der Waals surface area (Å²) in [5.41, 5.74) is 1.54. The molecule has 0 N–H and O–H groups in total. The average molecular weight is 471 g/mol. The van der Waals surface area contributed by atoms with Crippen LogP contribution in [0.25, 0.3) is 0 Å². The molecule has 2 aromatic rings. The van der Waals surface area contributed by atoms with Crippen molar-refractivity contribution < 1.29 is 14.2 Å². The highest BCUT2D eigenvalue weighted by atomic mass is 35.5. The standard InChI is InChI=1S/C22H21Cl3O3P/c1-13-7-6-8-14(2)18(13)21(27)29(28)22(9-4-3-5-10-22)20(26)19-16(24)11-15(23)12-17(19)25/h6-8,11-12H,3-5,9-10H2,1-2H3/q+1. The highest BCUT2D eigenvalue weighted by molar-refractivity contribution is 7.67. The number of halogens is 3. The minimum atomic E-state index is -2.54. The summed E-state index contributed by atoms with van der Waals surface area (Å²) in [5.74, 6) is -0.426. The summed E-state index contributed by atoms with van der Waals surface area (Å²) < 4.78 is 13.7. The second-order valence-electron chi connectivity index (χ2n) is 7.53. The molecule has 1 atom stereocenters. The van der Waals surface area contributed by atoms with Crippen LogP contribution in [0.4, 0.5) is 0 Å². The molecule has 0 aliphatic heterocycles. The first-order valence-electron chi connectivity index (χ1n) is 9.46. The van der Waals surface area contributed by atoms with Gasteiger partial charge in [-0.2, -0.15) is 0 Å². The van der Waals surface area contributed by atoms with Crippen LogP contribution in [0.2, 0.25) is 15.1 Å². The fourth-order valence-corrected chi connectivity index (χ4v) is 7.05. The molecule has 152 valence electrons. The van der Waals surface area contributed by atoms with Crippen molar-refractivity contribution in [2.45, 2.75) is 51.1 Å². The second-order valence-corrected chi connectivity index (χ2v) is 10.6. The van der Waals surface area contributed by atoms with E-state index in [4.69, 9.17) is 34.8 Å². The summed E-state index contributed by atoms with van der Waals surface area (Å²) in [6, 6.07) is 8.36. The van der Waals surface area contributed by atoms with E-state index in [1.165, 1.54) is 12.1 Å². The van der Waals surface area contributed by atoms with Gasteiger partial charge in [0.25, 0.3) is 0 Å². The highest BCUT2D eigenvalue weighted by Gasteiger charge is 2.60. The van der Waals surface area contributed by atoms with Crippen LogP contribution in [0.1, 0.15) is 63.9 Å². The van der Waals surface area contributed by atoms with E-state index < -0.39 is 24.3 Å². The van der Waals surface area contributed by atoms with Gasteiger partial charge < -0.3 is 0 Å². The van der Waals surface area contributed by atoms with Crippen molar-refractivity contribution >= 4 is 53.9 Å². The molecule has 0 amide bonds. The summed E-state index contributed by atoms with van der Waals surface area (Å²) in [4.78, 5) is 27.0. The fraction of sp³-hybridized carbons (Fsp3) is 0.364. The van der Waals surface area contributed by atoms with Gasteiger partial charge in [0, 0.05) is 17.9 Å². The summed E-state index contributed by atoms with van der Waals surface area (Å²) in [6.07, 6.45) is 3.10. The normalized spacial score (nSPS) is 16.4. The number of Topliss-reactive ketones (excluding diaryl/α,β-unsaturated/α-hetero) is 1. The molecular weight excluding hydrogens is 450 g/mol. The predicted octanol–water partition coefficient (Wildman–Crippen LogP) is 7.82. The lowest BCUT2D eigenvalue weighted by molar-refractivity contribution is 0.0903. The Morgan fingerprint density at radius 2 is 1.41 bits per heavy atom. The first-order chi connectivity index (χ1) is 13.7. The molecular formula is C22H21Cl3O3P+. The molecule has 1 unspecified atom stereocenters. The number of carbonyl (C=O) groups is 2. The maximum atomic E-state index is 13.7. The zero-order valence-corrected chi connectivity index (χ0v) is 19.4. The van der Waals surface area contributed by atoms with Crippen molar-refractivity contribution in [2.24, 2.45) is 0 Å². The number of ketones is 1. The van der Waals surface area contributed by atoms with E-state index in [9.17, 15) is 14.2 Å². The third kappa shape index (κ3) is 4.16. The maximum Gasteiger partial charge on any atom is 0.434 e. The van der Waals surface area contributed by atoms with E-state index in [2.05, 4.69) is 0 Å². The zero-order chi connectivity index (χ0) is 21.3. The van der Waals surface area contributed by atoms with E-state index >= 15 is 0 Å². The second kappa shape index (κ2) is 8.86. The van der Waals surface area contributed by atoms with Crippen molar-refractivity contribution in [3.8, 4) is 0 Å². The topological polar surface area (TPSA) is 51.2 Å². The number of benzene rings is 2. The van der Waals surface area contributed by atoms with Crippen molar-refractivity contribution in [3.63, 3.8) is 0 Å². The number of rotatable bonds is 5. The molecule has 1 saturated carbocycles. The molecule has 2 aromatic carbocycles. The van der Waals surface area contributed by atoms with Crippen LogP contribution in [-0.4, -0.2) is 16.5 Å². The van der Waals surface area contributed by atoms with Gasteiger partial charge in [-0.25, -0.2) is 4.79 Å². The third-order valence-corrected chi connectivity index (χ3v) is 8.44. The molecule has 0 radical (unpaired) electrons. The van der Waals surface area contributed by atoms with Crippen LogP contribution in [-0.2, 0) is 4.57 Å². The van der Waals surface area contributed by atoms with Gasteiger partial charge in [-0.3, -0.25) is 4.79 Å². The third-order valence-electron chi connectivity index (χ3n) is 5.61. The number of hydrogen-bond acceptors (Lipinski definition) is 3. The van der Waals surface area contributed by atoms with Gasteiger partial charge in [0.2, 0.25) is 10.9 Å². The Morgan fingerprint density at radius 1 is 0.897 bits per heavy atom. The van der Waals surface area contributed by atoms with Gasteiger partial charge in [-0.1, -0.05) is 64.0 Å². The minimum Gasteiger partial charge on any atom is -0.289 e. The Balaban J connectivity index is 2.11. The average Bonchev–Trinajstić information content (AvgIpc) is 2.66. The van der Waals surface area contributed by atoms with E-state index in [0.29, 0.717) is 23.4 Å². The first kappa shape index (κ1) is 22.4. The number of carbonyl (C=O) groups excluding carboxylic acids is 2. The number of hydrogen-bond donors (Lipinski definition) is 0. The Morgan fingerprint density at radius 3 is 1.93 bits per heavy atom. The SMILES string of the molecule is Cc1cccc(C)c1C(=O)[P+](=O)C1(C(=O)c2c(Cl)cc(Cl)cc2Cl)CCCCC1. The van der Waals surface area contributed by atoms with Crippen molar-refractivity contribution in [3.05, 3.63) is 67.7 Å². The van der Waals surface area contributed by atoms with Crippen LogP contribution >= 0.6 is 42.6 Å². The Hall–Kier alpha value is -1.25. The molecule has 1 fully saturated rings. The highest BCUT2D eigenvalue weighted by Crippen LogP contribution is 2.54. The van der Waals surface area contributed by atoms with Crippen molar-refractivity contribution in [1.29, 1.82) is 0 Å². The predicted molar refractivity (Wildman–Crippen MR) is 119 cm³/mol. The Labute approximate surface area is 186 Å². The minimum absolute atomic E-state index is 0.0947. The van der Waals surface area contributed by atoms with Gasteiger partial charge in [-0.05, 0) is 49.9 Å². The lowest BCUT2D eigenvalue weighted by atomic mass is 9.82. The zero-order valence-electron chi connectivity index (χ0n) is 16.2. The lowest BCUT2D eigenvalue weighted by Gasteiger charge is -2.27. The Bertz CT molecular complexity index is 967. The lowest BCUT2D eigenvalue weighted by Crippen LogP contribution is -2.39. The van der Waals surface area contributed by atoms with E-state index in [1.807, 2.05) is 32.0 Å². The molecule has 0 aromatic heterocycles. The smallest absolute Gasteiger partial charge is 0.289 e. The van der Waals surface area contributed by atoms with E-state index in [0.717, 1.165) is 30.4 Å². The molecule has 0 heterocycles. The molecule has 0 bridgehead atoms. The monoisotopic (exact) mass is 469 g/mol. The van der Waals surface area contributed by atoms with Crippen LogP contribution in [0.15, 0.2) is 30.3 Å². The van der Waals surface area contributed by atoms with Crippen LogP contribution in [0.5, 0.6) is 0 Å². The molecule has 1 aliphatic carbocycles. The molecule has 3 nitrogen and oxygen atoms in total. The van der Waals surface area contributed by atoms with Gasteiger partial charge >= 0.3 is 13.3 Å². The molecule has 7 heteroatoms. The van der Waals surface area contributed by atoms with Crippen molar-refractivity contribution in [1.82, 2.24) is 0 Å². The summed E-state index contributed by atoms with van der Waals surface area (Å²) >= 11 is 18.6. The quantitative estimate of drug-likeness (QED) is 0.330. The molecule has 0 spiro atoms. The number of aryl methyl sites for hydroxylation is 2. The van der Waals surface area contributed by atoms with Crippen molar-refractivity contribution in [2.75, 3.05) is 0 Å². The van der Waals surface area contributed by atoms with Gasteiger partial charge in [0.15, 0.2) is 0 Å². The van der Waals surface area contributed by atoms with Crippen LogP contribution in [0.3, 0.4) is 0 Å². The van der Waals surface area contributed by atoms with Gasteiger partial charge in [0.1, 0.15) is 0 Å². The molecule has 1 aliphatic rings. The molecule has 29 heavy (non-hydrogen) atoms. The van der Waals surface area contributed by atoms with Crippen LogP contribution in [0, 0.1) is 13.8 Å². The molecule has 3 rings (SSSR count). The molecule has 0 saturated heterocycles. The first-order valence-corrected chi connectivity index (χ1v) is 11.9. The van der Waals surface area contributed by atoms with E-state index in [1.54, 1.807) is 0 Å². The summed E-state index contributed by atoms with van der Waals surface area (Å²) in [5, 5.41) is -0.772. The fourth-order valence-electron chi connectivity index (χ4n) is 4.10. The van der Waals surface area contributed by atoms with Crippen LogP contribution < -0.4 is 0 Å². The maximum absolute atomic E-state index is 13.7. The Kier molecular flexibility index (Phi) is 6.85. The largest absolute Gasteiger partial charge is 0.434 e. The van der Waals surface area contributed by atoms with Gasteiger partial charge in [-0.15, -0.1) is 0 Å². The summed E-state index contributed by atoms with van der Waals surface area (Å²) in [7, 11) is -2.54. The summed E-state index contributed by atoms with van der Waals surface area (Å²) in [6.45, 7) is 3.62. The van der Waals surface area contributed by atoms with Gasteiger partial charge in [0.05, 0.1) is 21.2 Å².